The Morgan fingerprint density at radius 1 is 1.16 bits per heavy atom. The van der Waals surface area contributed by atoms with Crippen LogP contribution in [0, 0.1) is 13.8 Å². The van der Waals surface area contributed by atoms with E-state index in [1.54, 1.807) is 11.3 Å². The highest BCUT2D eigenvalue weighted by atomic mass is 32.1. The zero-order chi connectivity index (χ0) is 14.2. The Bertz CT molecular complexity index is 594. The molecule has 2 aromatic rings. The van der Waals surface area contributed by atoms with Crippen LogP contribution in [0.25, 0.3) is 11.3 Å². The Morgan fingerprint density at radius 3 is 2.32 bits per heavy atom. The fourth-order valence-electron chi connectivity index (χ4n) is 1.94. The first kappa shape index (κ1) is 14.0. The van der Waals surface area contributed by atoms with Crippen LogP contribution in [-0.2, 0) is 5.41 Å². The number of hydrogen-bond donors (Lipinski definition) is 1. The SMILES string of the molecule is CNc1nc(C(C)(C)C)nc(-c2csc(C)c2)c1C. The fraction of sp³-hybridized carbons (Fsp3) is 0.467. The van der Waals surface area contributed by atoms with Crippen LogP contribution in [0.4, 0.5) is 5.82 Å². The summed E-state index contributed by atoms with van der Waals surface area (Å²) in [6, 6.07) is 2.19. The van der Waals surface area contributed by atoms with Gasteiger partial charge in [0.1, 0.15) is 11.6 Å². The zero-order valence-electron chi connectivity index (χ0n) is 12.5. The summed E-state index contributed by atoms with van der Waals surface area (Å²) < 4.78 is 0. The average molecular weight is 275 g/mol. The van der Waals surface area contributed by atoms with Crippen LogP contribution >= 0.6 is 11.3 Å². The van der Waals surface area contributed by atoms with Crippen LogP contribution in [-0.4, -0.2) is 17.0 Å². The maximum Gasteiger partial charge on any atom is 0.136 e. The number of nitrogens with one attached hydrogen (secondary N) is 1. The fourth-order valence-corrected chi connectivity index (χ4v) is 2.63. The molecule has 4 heteroatoms. The van der Waals surface area contributed by atoms with Crippen molar-refractivity contribution >= 4 is 17.2 Å². The molecule has 0 amide bonds. The highest BCUT2D eigenvalue weighted by molar-refractivity contribution is 7.10. The third kappa shape index (κ3) is 2.78. The third-order valence-corrected chi connectivity index (χ3v) is 3.92. The minimum absolute atomic E-state index is 0.0564. The lowest BCUT2D eigenvalue weighted by Crippen LogP contribution is -2.18. The topological polar surface area (TPSA) is 37.8 Å². The Labute approximate surface area is 119 Å². The quantitative estimate of drug-likeness (QED) is 0.894. The molecule has 1 N–H and O–H groups in total. The number of aromatic nitrogens is 2. The molecule has 102 valence electrons. The summed E-state index contributed by atoms with van der Waals surface area (Å²) in [6.45, 7) is 10.6. The van der Waals surface area contributed by atoms with Gasteiger partial charge in [0.05, 0.1) is 5.69 Å². The first-order valence-electron chi connectivity index (χ1n) is 6.45. The molecule has 0 aliphatic heterocycles. The van der Waals surface area contributed by atoms with Gasteiger partial charge >= 0.3 is 0 Å². The summed E-state index contributed by atoms with van der Waals surface area (Å²) in [7, 11) is 1.91. The molecule has 2 rings (SSSR count). The predicted molar refractivity (Wildman–Crippen MR) is 83.1 cm³/mol. The Hall–Kier alpha value is -1.42. The monoisotopic (exact) mass is 275 g/mol. The van der Waals surface area contributed by atoms with Gasteiger partial charge in [0, 0.05) is 33.8 Å². The van der Waals surface area contributed by atoms with Crippen LogP contribution in [0.1, 0.15) is 37.0 Å². The predicted octanol–water partition coefficient (Wildman–Crippen LogP) is 4.16. The van der Waals surface area contributed by atoms with Gasteiger partial charge in [0.2, 0.25) is 0 Å². The van der Waals surface area contributed by atoms with Crippen LogP contribution < -0.4 is 5.32 Å². The molecular weight excluding hydrogens is 254 g/mol. The zero-order valence-corrected chi connectivity index (χ0v) is 13.3. The van der Waals surface area contributed by atoms with Gasteiger partial charge in [-0.1, -0.05) is 20.8 Å². The van der Waals surface area contributed by atoms with Crippen LogP contribution in [0.3, 0.4) is 0 Å². The van der Waals surface area contributed by atoms with Crippen molar-refractivity contribution in [3.63, 3.8) is 0 Å². The maximum atomic E-state index is 4.79. The normalized spacial score (nSPS) is 11.7. The Morgan fingerprint density at radius 2 is 1.84 bits per heavy atom. The smallest absolute Gasteiger partial charge is 0.136 e. The van der Waals surface area contributed by atoms with E-state index in [9.17, 15) is 0 Å². The molecule has 2 aromatic heterocycles. The van der Waals surface area contributed by atoms with Gasteiger partial charge in [-0.3, -0.25) is 0 Å². The summed E-state index contributed by atoms with van der Waals surface area (Å²) in [4.78, 5) is 10.7. The van der Waals surface area contributed by atoms with E-state index in [0.717, 1.165) is 22.9 Å². The Balaban J connectivity index is 2.65. The molecule has 0 saturated carbocycles. The van der Waals surface area contributed by atoms with Gasteiger partial charge in [-0.05, 0) is 19.9 Å². The van der Waals surface area contributed by atoms with Crippen molar-refractivity contribution in [3.8, 4) is 11.3 Å². The second-order valence-corrected chi connectivity index (χ2v) is 6.93. The van der Waals surface area contributed by atoms with E-state index in [-0.39, 0.29) is 5.41 Å². The summed E-state index contributed by atoms with van der Waals surface area (Å²) in [5.41, 5.74) is 3.27. The molecule has 0 atom stereocenters. The summed E-state index contributed by atoms with van der Waals surface area (Å²) in [6.07, 6.45) is 0. The molecule has 0 saturated heterocycles. The molecule has 2 heterocycles. The number of hydrogen-bond acceptors (Lipinski definition) is 4. The number of thiophene rings is 1. The molecule has 0 aliphatic rings. The second kappa shape index (κ2) is 4.93. The van der Waals surface area contributed by atoms with Crippen molar-refractivity contribution in [2.24, 2.45) is 0 Å². The van der Waals surface area contributed by atoms with E-state index in [4.69, 9.17) is 4.98 Å². The number of nitrogens with zero attached hydrogens (tertiary/aromatic N) is 2. The Kier molecular flexibility index (Phi) is 3.63. The van der Waals surface area contributed by atoms with Crippen LogP contribution in [0.15, 0.2) is 11.4 Å². The van der Waals surface area contributed by atoms with Crippen molar-refractivity contribution in [1.82, 2.24) is 9.97 Å². The molecule has 19 heavy (non-hydrogen) atoms. The number of rotatable bonds is 2. The lowest BCUT2D eigenvalue weighted by Gasteiger charge is -2.20. The largest absolute Gasteiger partial charge is 0.373 e. The lowest BCUT2D eigenvalue weighted by molar-refractivity contribution is 0.546. The van der Waals surface area contributed by atoms with E-state index >= 15 is 0 Å². The van der Waals surface area contributed by atoms with Crippen molar-refractivity contribution < 1.29 is 0 Å². The molecule has 0 aromatic carbocycles. The summed E-state index contributed by atoms with van der Waals surface area (Å²) in [5.74, 6) is 1.79. The summed E-state index contributed by atoms with van der Waals surface area (Å²) >= 11 is 1.75. The second-order valence-electron chi connectivity index (χ2n) is 5.82. The van der Waals surface area contributed by atoms with Gasteiger partial charge < -0.3 is 5.32 Å². The average Bonchev–Trinajstić information content (AvgIpc) is 2.74. The van der Waals surface area contributed by atoms with E-state index in [1.165, 1.54) is 10.4 Å². The van der Waals surface area contributed by atoms with E-state index in [1.807, 2.05) is 7.05 Å². The molecule has 0 radical (unpaired) electrons. The van der Waals surface area contributed by atoms with Crippen molar-refractivity contribution in [3.05, 3.63) is 27.7 Å². The van der Waals surface area contributed by atoms with E-state index in [0.29, 0.717) is 0 Å². The standard InChI is InChI=1S/C15H21N3S/c1-9-7-11(8-19-9)12-10(2)13(16-6)18-14(17-12)15(3,4)5/h7-8H,1-6H3,(H,16,17,18). The maximum absolute atomic E-state index is 4.79. The number of anilines is 1. The first-order valence-corrected chi connectivity index (χ1v) is 7.33. The molecule has 0 unspecified atom stereocenters. The molecule has 3 nitrogen and oxygen atoms in total. The van der Waals surface area contributed by atoms with Crippen LogP contribution in [0.2, 0.25) is 0 Å². The van der Waals surface area contributed by atoms with E-state index in [2.05, 4.69) is 56.4 Å². The molecule has 0 spiro atoms. The molecule has 0 fully saturated rings. The van der Waals surface area contributed by atoms with Gasteiger partial charge in [-0.15, -0.1) is 11.3 Å². The van der Waals surface area contributed by atoms with Gasteiger partial charge in [-0.25, -0.2) is 9.97 Å². The first-order chi connectivity index (χ1) is 8.82. The van der Waals surface area contributed by atoms with Crippen molar-refractivity contribution in [2.75, 3.05) is 12.4 Å². The number of aryl methyl sites for hydroxylation is 1. The van der Waals surface area contributed by atoms with Gasteiger partial charge in [0.15, 0.2) is 0 Å². The highest BCUT2D eigenvalue weighted by Gasteiger charge is 2.21. The minimum Gasteiger partial charge on any atom is -0.373 e. The minimum atomic E-state index is -0.0564. The third-order valence-electron chi connectivity index (χ3n) is 3.06. The van der Waals surface area contributed by atoms with Gasteiger partial charge in [0.25, 0.3) is 0 Å². The van der Waals surface area contributed by atoms with E-state index < -0.39 is 0 Å². The molecular formula is C15H21N3S. The summed E-state index contributed by atoms with van der Waals surface area (Å²) in [5, 5.41) is 5.34. The van der Waals surface area contributed by atoms with Crippen molar-refractivity contribution in [1.29, 1.82) is 0 Å². The lowest BCUT2D eigenvalue weighted by atomic mass is 9.95. The molecule has 0 bridgehead atoms. The van der Waals surface area contributed by atoms with Crippen LogP contribution in [0.5, 0.6) is 0 Å². The van der Waals surface area contributed by atoms with Crippen molar-refractivity contribution in [2.45, 2.75) is 40.0 Å². The molecule has 0 aliphatic carbocycles. The van der Waals surface area contributed by atoms with Gasteiger partial charge in [-0.2, -0.15) is 0 Å². The highest BCUT2D eigenvalue weighted by Crippen LogP contribution is 2.31.